The summed E-state index contributed by atoms with van der Waals surface area (Å²) in [6.45, 7) is 7.54. The van der Waals surface area contributed by atoms with E-state index in [0.717, 1.165) is 16.9 Å². The molecule has 2 atom stereocenters. The van der Waals surface area contributed by atoms with Crippen molar-refractivity contribution in [3.63, 3.8) is 0 Å². The van der Waals surface area contributed by atoms with Crippen LogP contribution >= 0.6 is 0 Å². The Hall–Kier alpha value is -4.08. The van der Waals surface area contributed by atoms with Crippen LogP contribution < -0.4 is 19.7 Å². The minimum absolute atomic E-state index is 0.0875. The molecule has 1 N–H and O–H groups in total. The first-order valence-corrected chi connectivity index (χ1v) is 13.4. The topological polar surface area (TPSA) is 93.2 Å². The Kier molecular flexibility index (Phi) is 7.44. The van der Waals surface area contributed by atoms with E-state index in [-0.39, 0.29) is 23.6 Å². The number of fused-ring (bicyclic) bond motifs is 2. The van der Waals surface area contributed by atoms with Crippen LogP contribution in [0.1, 0.15) is 27.2 Å². The van der Waals surface area contributed by atoms with Crippen molar-refractivity contribution in [1.82, 2.24) is 15.2 Å². The second-order valence-electron chi connectivity index (χ2n) is 11.3. The molecule has 0 unspecified atom stereocenters. The molecule has 9 nitrogen and oxygen atoms in total. The van der Waals surface area contributed by atoms with Gasteiger partial charge in [-0.2, -0.15) is 0 Å². The first-order chi connectivity index (χ1) is 19.0. The van der Waals surface area contributed by atoms with E-state index in [1.807, 2.05) is 51.1 Å². The van der Waals surface area contributed by atoms with Gasteiger partial charge in [0.2, 0.25) is 5.91 Å². The molecule has 3 aromatic rings. The van der Waals surface area contributed by atoms with Crippen LogP contribution in [0, 0.1) is 11.7 Å². The molecule has 0 aliphatic carbocycles. The van der Waals surface area contributed by atoms with Gasteiger partial charge in [-0.05, 0) is 57.2 Å². The number of methoxy groups -OCH3 is 1. The number of likely N-dealkylation sites (N-methyl/N-ethyl adjacent to an activating group) is 1. The Balaban J connectivity index is 1.35. The minimum atomic E-state index is -0.554. The molecule has 212 valence electrons. The largest absolute Gasteiger partial charge is 0.494 e. The molecule has 2 aliphatic rings. The van der Waals surface area contributed by atoms with E-state index in [1.165, 1.54) is 18.1 Å². The van der Waals surface area contributed by atoms with Gasteiger partial charge in [0, 0.05) is 55.2 Å². The van der Waals surface area contributed by atoms with E-state index in [1.54, 1.807) is 13.1 Å². The zero-order valence-electron chi connectivity index (χ0n) is 23.5. The third-order valence-electron chi connectivity index (χ3n) is 7.19. The van der Waals surface area contributed by atoms with Crippen LogP contribution in [-0.2, 0) is 9.53 Å². The van der Waals surface area contributed by atoms with Gasteiger partial charge in [-0.3, -0.25) is 4.79 Å². The number of nitrogens with one attached hydrogen (secondary N) is 1. The molecule has 2 aliphatic heterocycles. The monoisotopic (exact) mass is 550 g/mol. The van der Waals surface area contributed by atoms with Gasteiger partial charge < -0.3 is 29.3 Å². The quantitative estimate of drug-likeness (QED) is 0.459. The second-order valence-corrected chi connectivity index (χ2v) is 11.3. The lowest BCUT2D eigenvalue weighted by Crippen LogP contribution is -2.36. The third-order valence-corrected chi connectivity index (χ3v) is 7.19. The highest BCUT2D eigenvalue weighted by Crippen LogP contribution is 2.38. The molecule has 1 aromatic heterocycles. The minimum Gasteiger partial charge on any atom is -0.494 e. The van der Waals surface area contributed by atoms with Crippen LogP contribution in [0.15, 0.2) is 42.5 Å². The molecule has 2 saturated heterocycles. The lowest BCUT2D eigenvalue weighted by atomic mass is 10.1. The number of aromatic nitrogens is 1. The van der Waals surface area contributed by atoms with Crippen LogP contribution in [-0.4, -0.2) is 73.9 Å². The summed E-state index contributed by atoms with van der Waals surface area (Å²) in [4.78, 5) is 32.5. The van der Waals surface area contributed by atoms with Crippen LogP contribution in [0.2, 0.25) is 0 Å². The van der Waals surface area contributed by atoms with Gasteiger partial charge >= 0.3 is 6.09 Å². The summed E-state index contributed by atoms with van der Waals surface area (Å²) in [5, 5.41) is 3.75. The molecule has 10 heteroatoms. The number of pyridine rings is 1. The lowest BCUT2D eigenvalue weighted by Gasteiger charge is -2.24. The zero-order valence-corrected chi connectivity index (χ0v) is 23.5. The molecule has 0 saturated carbocycles. The van der Waals surface area contributed by atoms with Crippen LogP contribution in [0.25, 0.3) is 22.2 Å². The SMILES string of the molecule is COc1cc2nc(-c3ccc(OCCN(C)C(=O)OC(C)(C)C)cc3)cc(N3C[C@@H]4CC(=O)N[C@@H]4C3)c2cc1F. The highest BCUT2D eigenvalue weighted by molar-refractivity contribution is 5.95. The van der Waals surface area contributed by atoms with Gasteiger partial charge in [0.15, 0.2) is 11.6 Å². The molecule has 2 aromatic carbocycles. The van der Waals surface area contributed by atoms with Crippen LogP contribution in [0.3, 0.4) is 0 Å². The summed E-state index contributed by atoms with van der Waals surface area (Å²) in [6, 6.07) is 12.7. The third kappa shape index (κ3) is 5.90. The molecule has 40 heavy (non-hydrogen) atoms. The van der Waals surface area contributed by atoms with Gasteiger partial charge in [0.05, 0.1) is 30.9 Å². The van der Waals surface area contributed by atoms with E-state index in [0.29, 0.717) is 49.3 Å². The molecule has 5 rings (SSSR count). The standard InChI is InChI=1S/C30H35FN4O5/c1-30(2,3)40-29(37)34(4)10-11-39-20-8-6-18(7-9-20)23-14-26(35-16-19-12-28(36)33-25(19)17-35)21-13-22(31)27(38-5)15-24(21)32-23/h6-9,13-15,19,25H,10-12,16-17H2,1-5H3,(H,33,36)/t19-,25+/m0/s1. The number of anilines is 1. The summed E-state index contributed by atoms with van der Waals surface area (Å²) >= 11 is 0. The highest BCUT2D eigenvalue weighted by atomic mass is 19.1. The number of halogens is 1. The van der Waals surface area contributed by atoms with Crippen molar-refractivity contribution in [3.05, 3.63) is 48.3 Å². The fourth-order valence-electron chi connectivity index (χ4n) is 5.17. The first-order valence-electron chi connectivity index (χ1n) is 13.4. The summed E-state index contributed by atoms with van der Waals surface area (Å²) in [6.07, 6.45) is 0.110. The molecule has 3 heterocycles. The maximum atomic E-state index is 14.7. The van der Waals surface area contributed by atoms with E-state index in [2.05, 4.69) is 10.2 Å². The molecule has 0 spiro atoms. The lowest BCUT2D eigenvalue weighted by molar-refractivity contribution is -0.119. The second kappa shape index (κ2) is 10.8. The number of amides is 2. The van der Waals surface area contributed by atoms with Crippen molar-refractivity contribution in [2.45, 2.75) is 38.8 Å². The van der Waals surface area contributed by atoms with E-state index in [9.17, 15) is 14.0 Å². The summed E-state index contributed by atoms with van der Waals surface area (Å²) < 4.78 is 31.2. The van der Waals surface area contributed by atoms with Crippen LogP contribution in [0.5, 0.6) is 11.5 Å². The summed E-state index contributed by atoms with van der Waals surface area (Å²) in [5.41, 5.74) is 2.54. The van der Waals surface area contributed by atoms with Gasteiger partial charge in [0.25, 0.3) is 0 Å². The Morgan fingerprint density at radius 1 is 1.18 bits per heavy atom. The van der Waals surface area contributed by atoms with Gasteiger partial charge in [-0.25, -0.2) is 14.2 Å². The van der Waals surface area contributed by atoms with Crippen LogP contribution in [0.4, 0.5) is 14.9 Å². The maximum absolute atomic E-state index is 14.7. The normalized spacial score (nSPS) is 18.4. The Morgan fingerprint density at radius 3 is 2.60 bits per heavy atom. The van der Waals surface area contributed by atoms with Gasteiger partial charge in [0.1, 0.15) is 18.0 Å². The Labute approximate surface area is 233 Å². The molecular weight excluding hydrogens is 515 g/mol. The number of carbonyl (C=O) groups excluding carboxylic acids is 2. The number of carbonyl (C=O) groups is 2. The summed E-state index contributed by atoms with van der Waals surface area (Å²) in [7, 11) is 3.11. The molecule has 2 amide bonds. The number of hydrogen-bond acceptors (Lipinski definition) is 7. The average molecular weight is 551 g/mol. The number of nitrogens with zero attached hydrogens (tertiary/aromatic N) is 3. The molecule has 0 bridgehead atoms. The van der Waals surface area contributed by atoms with Gasteiger partial charge in [-0.15, -0.1) is 0 Å². The van der Waals surface area contributed by atoms with E-state index < -0.39 is 17.5 Å². The molecular formula is C30H35FN4O5. The predicted molar refractivity (Wildman–Crippen MR) is 150 cm³/mol. The highest BCUT2D eigenvalue weighted by Gasteiger charge is 2.40. The fourth-order valence-corrected chi connectivity index (χ4v) is 5.17. The fraction of sp³-hybridized carbons (Fsp3) is 0.433. The number of rotatable bonds is 7. The Bertz CT molecular complexity index is 1410. The Morgan fingerprint density at radius 2 is 1.93 bits per heavy atom. The van der Waals surface area contributed by atoms with E-state index in [4.69, 9.17) is 19.2 Å². The first kappa shape index (κ1) is 27.5. The van der Waals surface area contributed by atoms with E-state index >= 15 is 0 Å². The number of benzene rings is 2. The average Bonchev–Trinajstić information content (AvgIpc) is 3.44. The zero-order chi connectivity index (χ0) is 28.6. The number of hydrogen-bond donors (Lipinski definition) is 1. The molecule has 0 radical (unpaired) electrons. The van der Waals surface area contributed by atoms with Gasteiger partial charge in [-0.1, -0.05) is 0 Å². The smallest absolute Gasteiger partial charge is 0.410 e. The van der Waals surface area contributed by atoms with Crippen molar-refractivity contribution in [3.8, 4) is 22.8 Å². The van der Waals surface area contributed by atoms with Crippen molar-refractivity contribution in [1.29, 1.82) is 0 Å². The molecule has 2 fully saturated rings. The van der Waals surface area contributed by atoms with Crippen molar-refractivity contribution in [2.24, 2.45) is 5.92 Å². The maximum Gasteiger partial charge on any atom is 0.410 e. The van der Waals surface area contributed by atoms with Crippen molar-refractivity contribution in [2.75, 3.05) is 45.3 Å². The van der Waals surface area contributed by atoms with Crippen molar-refractivity contribution >= 4 is 28.6 Å². The predicted octanol–water partition coefficient (Wildman–Crippen LogP) is 4.62. The van der Waals surface area contributed by atoms with Crippen molar-refractivity contribution < 1.29 is 28.2 Å². The number of ether oxygens (including phenoxy) is 3. The summed E-state index contributed by atoms with van der Waals surface area (Å²) in [5.74, 6) is 0.665.